The second kappa shape index (κ2) is 3.74. The summed E-state index contributed by atoms with van der Waals surface area (Å²) in [6.45, 7) is 0. The average Bonchev–Trinajstić information content (AvgIpc) is 2.33. The first-order valence-electron chi connectivity index (χ1n) is 5.36. The molecular weight excluding hydrogens is 192 g/mol. The third-order valence-electron chi connectivity index (χ3n) is 2.82. The Hall–Kier alpha value is -2.22. The van der Waals surface area contributed by atoms with Crippen LogP contribution in [0.2, 0.25) is 0 Å². The largest absolute Gasteiger partial charge is 0.124 e. The molecule has 0 saturated carbocycles. The maximum Gasteiger partial charge on any atom is -0.00106 e. The second-order valence-corrected chi connectivity index (χ2v) is 3.82. The fourth-order valence-corrected chi connectivity index (χ4v) is 2.03. The molecule has 0 nitrogen and oxygen atoms in total. The molecule has 1 aromatic carbocycles. The molecule has 0 spiro atoms. The summed E-state index contributed by atoms with van der Waals surface area (Å²) in [5.41, 5.74) is 14.2. The minimum absolute atomic E-state index is 0.935. The van der Waals surface area contributed by atoms with E-state index in [1.165, 1.54) is 16.7 Å². The first-order valence-corrected chi connectivity index (χ1v) is 5.36. The SMILES string of the molecule is C1=C=CC2=C(C=1)C=C=CCc1ccccc12. The zero-order valence-electron chi connectivity index (χ0n) is 8.83. The highest BCUT2D eigenvalue weighted by atomic mass is 14.1. The molecule has 2 aliphatic rings. The maximum absolute atomic E-state index is 3.20. The molecule has 0 aromatic heterocycles. The van der Waals surface area contributed by atoms with E-state index >= 15 is 0 Å². The second-order valence-electron chi connectivity index (χ2n) is 3.82. The number of benzene rings is 1. The van der Waals surface area contributed by atoms with Crippen LogP contribution in [0.5, 0.6) is 0 Å². The quantitative estimate of drug-likeness (QED) is 0.564. The summed E-state index contributed by atoms with van der Waals surface area (Å²) in [7, 11) is 0. The van der Waals surface area contributed by atoms with E-state index in [0.717, 1.165) is 12.0 Å². The minimum atomic E-state index is 0.935. The molecule has 0 N–H and O–H groups in total. The summed E-state index contributed by atoms with van der Waals surface area (Å²) < 4.78 is 0. The van der Waals surface area contributed by atoms with Crippen LogP contribution in [0, 0.1) is 0 Å². The molecule has 0 aliphatic heterocycles. The van der Waals surface area contributed by atoms with Gasteiger partial charge in [-0.05, 0) is 53.0 Å². The van der Waals surface area contributed by atoms with Gasteiger partial charge in [0.15, 0.2) is 0 Å². The van der Waals surface area contributed by atoms with Crippen molar-refractivity contribution in [2.75, 3.05) is 0 Å². The van der Waals surface area contributed by atoms with Gasteiger partial charge < -0.3 is 0 Å². The molecule has 0 amide bonds. The first kappa shape index (κ1) is 9.04. The first-order chi connectivity index (χ1) is 7.95. The zero-order chi connectivity index (χ0) is 10.8. The molecule has 0 atom stereocenters. The Morgan fingerprint density at radius 1 is 0.938 bits per heavy atom. The number of fused-ring (bicyclic) bond motifs is 2. The Balaban J connectivity index is 2.32. The van der Waals surface area contributed by atoms with Crippen LogP contribution in [0.25, 0.3) is 5.57 Å². The van der Waals surface area contributed by atoms with Crippen LogP contribution in [0.3, 0.4) is 0 Å². The molecule has 0 radical (unpaired) electrons. The van der Waals surface area contributed by atoms with E-state index < -0.39 is 0 Å². The van der Waals surface area contributed by atoms with Crippen LogP contribution in [-0.4, -0.2) is 0 Å². The topological polar surface area (TPSA) is 0 Å². The summed E-state index contributed by atoms with van der Waals surface area (Å²) in [5.74, 6) is 0. The van der Waals surface area contributed by atoms with E-state index in [1.54, 1.807) is 0 Å². The Kier molecular flexibility index (Phi) is 2.11. The van der Waals surface area contributed by atoms with Gasteiger partial charge in [-0.25, -0.2) is 0 Å². The number of hydrogen-bond donors (Lipinski definition) is 0. The van der Waals surface area contributed by atoms with Crippen LogP contribution in [0.15, 0.2) is 71.3 Å². The molecule has 16 heavy (non-hydrogen) atoms. The van der Waals surface area contributed by atoms with Gasteiger partial charge in [-0.2, -0.15) is 0 Å². The van der Waals surface area contributed by atoms with Crippen molar-refractivity contribution in [1.82, 2.24) is 0 Å². The van der Waals surface area contributed by atoms with Gasteiger partial charge >= 0.3 is 0 Å². The van der Waals surface area contributed by atoms with Gasteiger partial charge in [0.05, 0.1) is 0 Å². The molecule has 1 aromatic rings. The van der Waals surface area contributed by atoms with Crippen LogP contribution in [-0.2, 0) is 6.42 Å². The predicted octanol–water partition coefficient (Wildman–Crippen LogP) is 3.59. The van der Waals surface area contributed by atoms with Crippen molar-refractivity contribution in [2.45, 2.75) is 6.42 Å². The highest BCUT2D eigenvalue weighted by Crippen LogP contribution is 2.27. The maximum atomic E-state index is 3.20. The highest BCUT2D eigenvalue weighted by molar-refractivity contribution is 5.83. The lowest BCUT2D eigenvalue weighted by molar-refractivity contribution is 1.25. The lowest BCUT2D eigenvalue weighted by atomic mass is 9.91. The minimum Gasteiger partial charge on any atom is -0.124 e. The third kappa shape index (κ3) is 1.44. The molecule has 0 bridgehead atoms. The van der Waals surface area contributed by atoms with Crippen LogP contribution in [0.4, 0.5) is 0 Å². The summed E-state index contributed by atoms with van der Waals surface area (Å²) >= 11 is 0. The smallest absolute Gasteiger partial charge is 0.00106 e. The van der Waals surface area contributed by atoms with Crippen molar-refractivity contribution < 1.29 is 0 Å². The predicted molar refractivity (Wildman–Crippen MR) is 65.9 cm³/mol. The van der Waals surface area contributed by atoms with E-state index in [1.807, 2.05) is 18.2 Å². The van der Waals surface area contributed by atoms with Gasteiger partial charge in [0, 0.05) is 0 Å². The fourth-order valence-electron chi connectivity index (χ4n) is 2.03. The molecule has 3 rings (SSSR count). The molecule has 0 heteroatoms. The zero-order valence-corrected chi connectivity index (χ0v) is 8.83. The van der Waals surface area contributed by atoms with E-state index in [2.05, 4.69) is 47.5 Å². The Bertz CT molecular complexity index is 634. The molecule has 0 unspecified atom stereocenters. The Labute approximate surface area is 94.9 Å². The van der Waals surface area contributed by atoms with Crippen molar-refractivity contribution in [1.29, 1.82) is 0 Å². The van der Waals surface area contributed by atoms with E-state index in [-0.39, 0.29) is 0 Å². The monoisotopic (exact) mass is 202 g/mol. The molecule has 0 heterocycles. The van der Waals surface area contributed by atoms with Crippen molar-refractivity contribution >= 4 is 5.57 Å². The lowest BCUT2D eigenvalue weighted by Crippen LogP contribution is -1.95. The van der Waals surface area contributed by atoms with Crippen molar-refractivity contribution in [3.63, 3.8) is 0 Å². The van der Waals surface area contributed by atoms with Gasteiger partial charge in [-0.3, -0.25) is 0 Å². The van der Waals surface area contributed by atoms with Crippen LogP contribution >= 0.6 is 0 Å². The Morgan fingerprint density at radius 2 is 1.81 bits per heavy atom. The molecule has 74 valence electrons. The third-order valence-corrected chi connectivity index (χ3v) is 2.82. The van der Waals surface area contributed by atoms with Gasteiger partial charge in [0.25, 0.3) is 0 Å². The van der Waals surface area contributed by atoms with Gasteiger partial charge in [-0.15, -0.1) is 5.73 Å². The van der Waals surface area contributed by atoms with E-state index in [4.69, 9.17) is 0 Å². The van der Waals surface area contributed by atoms with Crippen molar-refractivity contribution in [3.8, 4) is 0 Å². The van der Waals surface area contributed by atoms with Crippen LogP contribution < -0.4 is 0 Å². The summed E-state index contributed by atoms with van der Waals surface area (Å²) in [5, 5.41) is 0. The average molecular weight is 202 g/mol. The van der Waals surface area contributed by atoms with Crippen LogP contribution in [0.1, 0.15) is 11.1 Å². The molecule has 2 aliphatic carbocycles. The summed E-state index contributed by atoms with van der Waals surface area (Å²) in [6, 6.07) is 8.49. The number of allylic oxidation sites excluding steroid dienone is 5. The normalized spacial score (nSPS) is 15.8. The molecule has 0 fully saturated rings. The van der Waals surface area contributed by atoms with Gasteiger partial charge in [-0.1, -0.05) is 35.7 Å². The number of rotatable bonds is 0. The summed E-state index contributed by atoms with van der Waals surface area (Å²) in [4.78, 5) is 0. The van der Waals surface area contributed by atoms with E-state index in [0.29, 0.717) is 0 Å². The Morgan fingerprint density at radius 3 is 2.81 bits per heavy atom. The molecular formula is C16H10. The van der Waals surface area contributed by atoms with Crippen molar-refractivity contribution in [3.05, 3.63) is 82.5 Å². The highest BCUT2D eigenvalue weighted by Gasteiger charge is 2.09. The summed E-state index contributed by atoms with van der Waals surface area (Å²) in [6.07, 6.45) is 8.97. The van der Waals surface area contributed by atoms with Gasteiger partial charge in [0.1, 0.15) is 0 Å². The lowest BCUT2D eigenvalue weighted by Gasteiger charge is -2.12. The molecule has 0 saturated heterocycles. The standard InChI is InChI=1S/C16H10/c1-2-8-14-10-4-6-12-16(14)15-11-5-3-9-13(15)7-1/h1,3,5,8-12H,7H2. The van der Waals surface area contributed by atoms with Gasteiger partial charge in [0.2, 0.25) is 0 Å². The van der Waals surface area contributed by atoms with E-state index in [9.17, 15) is 0 Å². The fraction of sp³-hybridized carbons (Fsp3) is 0.0625. The van der Waals surface area contributed by atoms with Crippen molar-refractivity contribution in [2.24, 2.45) is 0 Å². The number of hydrogen-bond acceptors (Lipinski definition) is 0.